The van der Waals surface area contributed by atoms with Gasteiger partial charge in [0.25, 0.3) is 5.91 Å². The number of nitrogens with zero attached hydrogens (tertiary/aromatic N) is 4. The molecule has 0 aliphatic carbocycles. The fourth-order valence-electron chi connectivity index (χ4n) is 6.01. The van der Waals surface area contributed by atoms with Gasteiger partial charge in [-0.15, -0.1) is 0 Å². The van der Waals surface area contributed by atoms with Crippen LogP contribution in [-0.4, -0.2) is 90.0 Å². The summed E-state index contributed by atoms with van der Waals surface area (Å²) in [5, 5.41) is 5.30. The number of aromatic nitrogens is 2. The van der Waals surface area contributed by atoms with Crippen LogP contribution in [0.1, 0.15) is 56.8 Å². The highest BCUT2D eigenvalue weighted by molar-refractivity contribution is 6.03. The van der Waals surface area contributed by atoms with Gasteiger partial charge in [0.05, 0.1) is 36.2 Å². The number of hydrogen-bond acceptors (Lipinski definition) is 8. The third kappa shape index (κ3) is 5.80. The Labute approximate surface area is 238 Å². The number of morpholine rings is 1. The minimum Gasteiger partial charge on any atom is -0.469 e. The molecule has 2 N–H and O–H groups in total. The van der Waals surface area contributed by atoms with Gasteiger partial charge in [0.2, 0.25) is 11.8 Å². The molecule has 3 unspecified atom stereocenters. The topological polar surface area (TPSA) is 118 Å². The molecule has 4 aliphatic heterocycles. The summed E-state index contributed by atoms with van der Waals surface area (Å²) in [6.07, 6.45) is 3.98. The van der Waals surface area contributed by atoms with Crippen LogP contribution in [-0.2, 0) is 9.47 Å². The summed E-state index contributed by atoms with van der Waals surface area (Å²) in [5.41, 5.74) is 0.198. The summed E-state index contributed by atoms with van der Waals surface area (Å²) in [5.74, 6) is -0.315. The zero-order valence-electron chi connectivity index (χ0n) is 23.7. The van der Waals surface area contributed by atoms with E-state index in [4.69, 9.17) is 24.2 Å². The van der Waals surface area contributed by atoms with Gasteiger partial charge in [-0.2, -0.15) is 4.98 Å². The highest BCUT2D eigenvalue weighted by Crippen LogP contribution is 2.38. The van der Waals surface area contributed by atoms with E-state index in [1.807, 2.05) is 20.8 Å². The van der Waals surface area contributed by atoms with Crippen LogP contribution in [0.25, 0.3) is 11.3 Å². The van der Waals surface area contributed by atoms with Gasteiger partial charge in [-0.1, -0.05) is 6.07 Å². The van der Waals surface area contributed by atoms with Crippen LogP contribution >= 0.6 is 0 Å². The molecule has 3 atom stereocenters. The van der Waals surface area contributed by atoms with Crippen molar-refractivity contribution in [2.45, 2.75) is 70.4 Å². The molecule has 0 spiro atoms. The molecule has 41 heavy (non-hydrogen) atoms. The SMILES string of the molecule is CCN1CC(C)(C)Oc2nc(N3CC4CCC(C3)O4)nc(-c3ccc(NC(=O)NCC4CCCO4)c(F)c3)c2C1=O. The number of halogens is 1. The molecule has 3 saturated heterocycles. The van der Waals surface area contributed by atoms with E-state index < -0.39 is 17.4 Å². The summed E-state index contributed by atoms with van der Waals surface area (Å²) in [6.45, 7) is 8.88. The molecule has 1 aromatic carbocycles. The number of hydrogen-bond donors (Lipinski definition) is 2. The number of carbonyl (C=O) groups is 2. The van der Waals surface area contributed by atoms with Crippen molar-refractivity contribution in [1.29, 1.82) is 0 Å². The monoisotopic (exact) mass is 568 g/mol. The minimum absolute atomic E-state index is 0.0163. The zero-order valence-corrected chi connectivity index (χ0v) is 23.7. The van der Waals surface area contributed by atoms with Gasteiger partial charge in [0.1, 0.15) is 17.0 Å². The molecule has 0 saturated carbocycles. The third-order valence-electron chi connectivity index (χ3n) is 8.02. The summed E-state index contributed by atoms with van der Waals surface area (Å²) in [6, 6.07) is 3.89. The van der Waals surface area contributed by atoms with Crippen molar-refractivity contribution in [3.63, 3.8) is 0 Å². The lowest BCUT2D eigenvalue weighted by Crippen LogP contribution is -2.43. The van der Waals surface area contributed by atoms with Gasteiger partial charge in [-0.25, -0.2) is 14.2 Å². The van der Waals surface area contributed by atoms with E-state index in [9.17, 15) is 9.59 Å². The molecule has 5 heterocycles. The molecular formula is C29H37FN6O5. The Morgan fingerprint density at radius 3 is 2.63 bits per heavy atom. The second kappa shape index (κ2) is 11.1. The highest BCUT2D eigenvalue weighted by Gasteiger charge is 2.39. The fraction of sp³-hybridized carbons (Fsp3) is 0.586. The average molecular weight is 569 g/mol. The number of nitrogens with one attached hydrogen (secondary N) is 2. The number of ether oxygens (including phenoxy) is 3. The van der Waals surface area contributed by atoms with Gasteiger partial charge in [-0.3, -0.25) is 4.79 Å². The molecule has 4 aliphatic rings. The molecule has 12 heteroatoms. The van der Waals surface area contributed by atoms with Crippen molar-refractivity contribution in [2.75, 3.05) is 49.5 Å². The standard InChI is InChI=1S/C29H37FN6O5/c1-4-35-16-29(2,3)41-25-23(26(35)37)24(33-27(34-25)36-14-19-8-9-20(15-36)40-19)17-7-10-22(21(30)12-17)32-28(38)31-13-18-6-5-11-39-18/h7,10,12,18-20H,4-6,8-9,11,13-16H2,1-3H3,(H2,31,32,38). The van der Waals surface area contributed by atoms with E-state index in [-0.39, 0.29) is 41.3 Å². The molecule has 3 amide bonds. The number of benzene rings is 1. The van der Waals surface area contributed by atoms with Crippen LogP contribution < -0.4 is 20.3 Å². The minimum atomic E-state index is -0.695. The van der Waals surface area contributed by atoms with Crippen molar-refractivity contribution in [3.8, 4) is 17.1 Å². The van der Waals surface area contributed by atoms with Crippen molar-refractivity contribution < 1.29 is 28.2 Å². The van der Waals surface area contributed by atoms with Crippen LogP contribution in [0.4, 0.5) is 20.8 Å². The largest absolute Gasteiger partial charge is 0.469 e. The number of rotatable bonds is 6. The number of carbonyl (C=O) groups excluding carboxylic acids is 2. The van der Waals surface area contributed by atoms with Crippen molar-refractivity contribution >= 4 is 23.6 Å². The van der Waals surface area contributed by atoms with E-state index in [1.165, 1.54) is 12.1 Å². The maximum atomic E-state index is 15.4. The summed E-state index contributed by atoms with van der Waals surface area (Å²) >= 11 is 0. The summed E-state index contributed by atoms with van der Waals surface area (Å²) < 4.78 is 33.3. The second-order valence-corrected chi connectivity index (χ2v) is 11.8. The first-order valence-electron chi connectivity index (χ1n) is 14.5. The highest BCUT2D eigenvalue weighted by atomic mass is 19.1. The maximum absolute atomic E-state index is 15.4. The molecule has 11 nitrogen and oxygen atoms in total. The fourth-order valence-corrected chi connectivity index (χ4v) is 6.01. The molecule has 1 aromatic heterocycles. The van der Waals surface area contributed by atoms with Gasteiger partial charge >= 0.3 is 6.03 Å². The first-order valence-corrected chi connectivity index (χ1v) is 14.5. The maximum Gasteiger partial charge on any atom is 0.319 e. The van der Waals surface area contributed by atoms with E-state index in [0.29, 0.717) is 56.5 Å². The van der Waals surface area contributed by atoms with Crippen molar-refractivity contribution in [2.24, 2.45) is 0 Å². The van der Waals surface area contributed by atoms with E-state index >= 15 is 4.39 Å². The Bertz CT molecular complexity index is 1320. The predicted molar refractivity (Wildman–Crippen MR) is 150 cm³/mol. The van der Waals surface area contributed by atoms with Gasteiger partial charge in [-0.05, 0) is 58.6 Å². The van der Waals surface area contributed by atoms with Crippen LogP contribution in [0, 0.1) is 5.82 Å². The predicted octanol–water partition coefficient (Wildman–Crippen LogP) is 3.58. The number of likely N-dealkylation sites (N-methyl/N-ethyl adjacent to an activating group) is 1. The van der Waals surface area contributed by atoms with Gasteiger partial charge < -0.3 is 34.6 Å². The summed E-state index contributed by atoms with van der Waals surface area (Å²) in [7, 11) is 0. The quantitative estimate of drug-likeness (QED) is 0.543. The lowest BCUT2D eigenvalue weighted by molar-refractivity contribution is 0.0297. The Kier molecular flexibility index (Phi) is 7.45. The molecular weight excluding hydrogens is 531 g/mol. The van der Waals surface area contributed by atoms with Crippen LogP contribution in [0.3, 0.4) is 0 Å². The molecule has 3 fully saturated rings. The number of amides is 3. The van der Waals surface area contributed by atoms with Crippen molar-refractivity contribution in [1.82, 2.24) is 20.2 Å². The average Bonchev–Trinajstić information content (AvgIpc) is 3.57. The smallest absolute Gasteiger partial charge is 0.319 e. The molecule has 0 radical (unpaired) electrons. The number of anilines is 2. The molecule has 2 bridgehead atoms. The molecule has 220 valence electrons. The lowest BCUT2D eigenvalue weighted by atomic mass is 10.0. The Morgan fingerprint density at radius 1 is 1.17 bits per heavy atom. The van der Waals surface area contributed by atoms with Crippen LogP contribution in [0.15, 0.2) is 18.2 Å². The van der Waals surface area contributed by atoms with E-state index in [0.717, 1.165) is 25.7 Å². The summed E-state index contributed by atoms with van der Waals surface area (Å²) in [4.78, 5) is 39.5. The van der Waals surface area contributed by atoms with Gasteiger partial charge in [0, 0.05) is 38.3 Å². The third-order valence-corrected chi connectivity index (χ3v) is 8.02. The number of urea groups is 1. The Balaban J connectivity index is 1.34. The molecule has 2 aromatic rings. The Hall–Kier alpha value is -3.51. The van der Waals surface area contributed by atoms with E-state index in [2.05, 4.69) is 15.5 Å². The van der Waals surface area contributed by atoms with Crippen molar-refractivity contribution in [3.05, 3.63) is 29.6 Å². The first-order chi connectivity index (χ1) is 19.7. The van der Waals surface area contributed by atoms with Crippen LogP contribution in [0.2, 0.25) is 0 Å². The number of fused-ring (bicyclic) bond motifs is 3. The zero-order chi connectivity index (χ0) is 28.7. The van der Waals surface area contributed by atoms with E-state index in [1.54, 1.807) is 11.0 Å². The van der Waals surface area contributed by atoms with Gasteiger partial charge in [0.15, 0.2) is 0 Å². The first kappa shape index (κ1) is 27.6. The van der Waals surface area contributed by atoms with Crippen LogP contribution in [0.5, 0.6) is 5.88 Å². The Morgan fingerprint density at radius 2 is 1.95 bits per heavy atom. The normalized spacial score (nSPS) is 25.0. The molecule has 6 rings (SSSR count). The lowest BCUT2D eigenvalue weighted by Gasteiger charge is -2.33. The second-order valence-electron chi connectivity index (χ2n) is 11.8.